The first-order valence-electron chi connectivity index (χ1n) is 7.87. The molecule has 3 rings (SSSR count). The predicted molar refractivity (Wildman–Crippen MR) is 84.9 cm³/mol. The summed E-state index contributed by atoms with van der Waals surface area (Å²) in [7, 11) is 0. The van der Waals surface area contributed by atoms with E-state index in [9.17, 15) is 9.59 Å². The van der Waals surface area contributed by atoms with Gasteiger partial charge in [-0.3, -0.25) is 14.5 Å². The number of carboxylic acids is 1. The smallest absolute Gasteiger partial charge is 0.317 e. The van der Waals surface area contributed by atoms with E-state index in [1.807, 2.05) is 17.5 Å². The van der Waals surface area contributed by atoms with Gasteiger partial charge in [0.2, 0.25) is 5.91 Å². The van der Waals surface area contributed by atoms with E-state index in [1.54, 1.807) is 11.3 Å². The van der Waals surface area contributed by atoms with Gasteiger partial charge in [-0.2, -0.15) is 0 Å². The molecule has 1 aromatic heterocycles. The van der Waals surface area contributed by atoms with Crippen molar-refractivity contribution in [2.75, 3.05) is 13.1 Å². The van der Waals surface area contributed by atoms with Crippen molar-refractivity contribution in [1.29, 1.82) is 0 Å². The van der Waals surface area contributed by atoms with Crippen molar-refractivity contribution in [3.63, 3.8) is 0 Å². The molecular formula is C16H22N2O3S. The second-order valence-electron chi connectivity index (χ2n) is 6.41. The number of hydrogen-bond acceptors (Lipinski definition) is 4. The Kier molecular flexibility index (Phi) is 4.78. The first-order chi connectivity index (χ1) is 10.6. The fraction of sp³-hybridized carbons (Fsp3) is 0.625. The zero-order valence-electron chi connectivity index (χ0n) is 12.5. The molecule has 2 saturated carbocycles. The topological polar surface area (TPSA) is 69.6 Å². The molecule has 5 nitrogen and oxygen atoms in total. The fourth-order valence-corrected chi connectivity index (χ4v) is 3.71. The molecule has 0 unspecified atom stereocenters. The third-order valence-corrected chi connectivity index (χ3v) is 5.31. The van der Waals surface area contributed by atoms with E-state index in [0.717, 1.165) is 24.3 Å². The summed E-state index contributed by atoms with van der Waals surface area (Å²) in [5.41, 5.74) is 0. The molecule has 22 heavy (non-hydrogen) atoms. The van der Waals surface area contributed by atoms with Gasteiger partial charge in [0.15, 0.2) is 0 Å². The van der Waals surface area contributed by atoms with Crippen molar-refractivity contribution in [2.45, 2.75) is 44.2 Å². The van der Waals surface area contributed by atoms with Gasteiger partial charge in [0.05, 0.1) is 13.0 Å². The quantitative estimate of drug-likeness (QED) is 0.765. The molecule has 2 N–H and O–H groups in total. The summed E-state index contributed by atoms with van der Waals surface area (Å²) in [6.07, 6.45) is 4.64. The van der Waals surface area contributed by atoms with E-state index in [2.05, 4.69) is 10.2 Å². The average Bonchev–Trinajstić information content (AvgIpc) is 3.07. The molecule has 1 amide bonds. The summed E-state index contributed by atoms with van der Waals surface area (Å²) in [6, 6.07) is 4.43. The number of carboxylic acid groups (broad SMARTS) is 1. The van der Waals surface area contributed by atoms with E-state index < -0.39 is 5.97 Å². The summed E-state index contributed by atoms with van der Waals surface area (Å²) in [4.78, 5) is 26.1. The molecule has 0 aliphatic heterocycles. The maximum Gasteiger partial charge on any atom is 0.317 e. The zero-order chi connectivity index (χ0) is 15.5. The minimum absolute atomic E-state index is 0.0675. The Hall–Kier alpha value is -1.40. The van der Waals surface area contributed by atoms with Gasteiger partial charge < -0.3 is 10.4 Å². The van der Waals surface area contributed by atoms with E-state index in [1.165, 1.54) is 12.8 Å². The highest BCUT2D eigenvalue weighted by Crippen LogP contribution is 2.33. The highest BCUT2D eigenvalue weighted by atomic mass is 32.1. The van der Waals surface area contributed by atoms with Crippen LogP contribution in [0, 0.1) is 5.92 Å². The van der Waals surface area contributed by atoms with Crippen LogP contribution >= 0.6 is 11.3 Å². The van der Waals surface area contributed by atoms with Crippen LogP contribution in [-0.2, 0) is 16.0 Å². The van der Waals surface area contributed by atoms with Crippen LogP contribution in [-0.4, -0.2) is 47.1 Å². The Morgan fingerprint density at radius 1 is 1.36 bits per heavy atom. The van der Waals surface area contributed by atoms with Crippen molar-refractivity contribution in [3.05, 3.63) is 22.4 Å². The normalized spacial score (nSPS) is 24.0. The van der Waals surface area contributed by atoms with Gasteiger partial charge in [0, 0.05) is 23.5 Å². The maximum atomic E-state index is 11.9. The molecule has 120 valence electrons. The van der Waals surface area contributed by atoms with E-state index in [4.69, 9.17) is 5.11 Å². The maximum absolute atomic E-state index is 11.9. The molecule has 0 radical (unpaired) electrons. The lowest BCUT2D eigenvalue weighted by molar-refractivity contribution is -0.140. The van der Waals surface area contributed by atoms with Crippen LogP contribution in [0.3, 0.4) is 0 Å². The second-order valence-corrected chi connectivity index (χ2v) is 7.44. The Morgan fingerprint density at radius 3 is 2.73 bits per heavy atom. The van der Waals surface area contributed by atoms with Gasteiger partial charge in [-0.05, 0) is 43.0 Å². The molecule has 2 aliphatic rings. The monoisotopic (exact) mass is 322 g/mol. The molecule has 0 spiro atoms. The van der Waals surface area contributed by atoms with Crippen LogP contribution in [0.25, 0.3) is 0 Å². The van der Waals surface area contributed by atoms with Gasteiger partial charge in [-0.25, -0.2) is 0 Å². The number of nitrogens with one attached hydrogen (secondary N) is 1. The Morgan fingerprint density at radius 2 is 2.14 bits per heavy atom. The van der Waals surface area contributed by atoms with Gasteiger partial charge >= 0.3 is 5.97 Å². The third-order valence-electron chi connectivity index (χ3n) is 4.44. The molecule has 0 aromatic carbocycles. The van der Waals surface area contributed by atoms with E-state index in [-0.39, 0.29) is 18.5 Å². The number of carbonyl (C=O) groups excluding carboxylic acids is 1. The standard InChI is InChI=1S/C16H22N2O3S/c19-15(8-14-2-1-5-22-14)17-12-6-13(7-12)18(10-16(20)21)9-11-3-4-11/h1-2,5,11-13H,3-4,6-10H2,(H,17,19)(H,20,21). The highest BCUT2D eigenvalue weighted by Gasteiger charge is 2.37. The largest absolute Gasteiger partial charge is 0.480 e. The lowest BCUT2D eigenvalue weighted by Crippen LogP contribution is -2.55. The number of hydrogen-bond donors (Lipinski definition) is 2. The van der Waals surface area contributed by atoms with Crippen LogP contribution in [0.4, 0.5) is 0 Å². The first kappa shape index (κ1) is 15.5. The molecule has 6 heteroatoms. The van der Waals surface area contributed by atoms with E-state index >= 15 is 0 Å². The van der Waals surface area contributed by atoms with Gasteiger partial charge in [-0.1, -0.05) is 6.07 Å². The molecule has 2 fully saturated rings. The molecule has 1 heterocycles. The molecular weight excluding hydrogens is 300 g/mol. The Balaban J connectivity index is 1.41. The van der Waals surface area contributed by atoms with Crippen molar-refractivity contribution in [1.82, 2.24) is 10.2 Å². The minimum atomic E-state index is -0.758. The second kappa shape index (κ2) is 6.79. The number of nitrogens with zero attached hydrogens (tertiary/aromatic N) is 1. The molecule has 0 saturated heterocycles. The Bertz CT molecular complexity index is 522. The first-order valence-corrected chi connectivity index (χ1v) is 8.75. The zero-order valence-corrected chi connectivity index (χ0v) is 13.3. The average molecular weight is 322 g/mol. The summed E-state index contributed by atoms with van der Waals surface area (Å²) in [5.74, 6) is -0.00414. The van der Waals surface area contributed by atoms with Crippen LogP contribution in [0.15, 0.2) is 17.5 Å². The van der Waals surface area contributed by atoms with Gasteiger partial charge in [0.1, 0.15) is 0 Å². The Labute approximate surface area is 134 Å². The van der Waals surface area contributed by atoms with Crippen molar-refractivity contribution < 1.29 is 14.7 Å². The van der Waals surface area contributed by atoms with Crippen LogP contribution in [0.2, 0.25) is 0 Å². The minimum Gasteiger partial charge on any atom is -0.480 e. The molecule has 0 atom stereocenters. The highest BCUT2D eigenvalue weighted by molar-refractivity contribution is 7.10. The van der Waals surface area contributed by atoms with Crippen LogP contribution in [0.1, 0.15) is 30.6 Å². The van der Waals surface area contributed by atoms with Crippen LogP contribution in [0.5, 0.6) is 0 Å². The SMILES string of the molecule is O=C(O)CN(CC1CC1)C1CC(NC(=O)Cc2cccs2)C1. The van der Waals surface area contributed by atoms with Gasteiger partial charge in [0.25, 0.3) is 0 Å². The summed E-state index contributed by atoms with van der Waals surface area (Å²) >= 11 is 1.60. The lowest BCUT2D eigenvalue weighted by Gasteiger charge is -2.42. The summed E-state index contributed by atoms with van der Waals surface area (Å²) in [6.45, 7) is 1.02. The number of carbonyl (C=O) groups is 2. The van der Waals surface area contributed by atoms with Gasteiger partial charge in [-0.15, -0.1) is 11.3 Å². The third kappa shape index (κ3) is 4.30. The molecule has 0 bridgehead atoms. The van der Waals surface area contributed by atoms with Crippen LogP contribution < -0.4 is 5.32 Å². The van der Waals surface area contributed by atoms with Crippen molar-refractivity contribution in [2.24, 2.45) is 5.92 Å². The summed E-state index contributed by atoms with van der Waals surface area (Å²) < 4.78 is 0. The molecule has 2 aliphatic carbocycles. The number of rotatable bonds is 8. The number of amides is 1. The molecule has 1 aromatic rings. The predicted octanol–water partition coefficient (Wildman–Crippen LogP) is 1.73. The lowest BCUT2D eigenvalue weighted by atomic mass is 9.85. The van der Waals surface area contributed by atoms with Crippen molar-refractivity contribution >= 4 is 23.2 Å². The number of aliphatic carboxylic acids is 1. The van der Waals surface area contributed by atoms with Crippen molar-refractivity contribution in [3.8, 4) is 0 Å². The summed E-state index contributed by atoms with van der Waals surface area (Å²) in [5, 5.41) is 14.1. The fourth-order valence-electron chi connectivity index (χ4n) is 3.00. The number of thiophene rings is 1. The van der Waals surface area contributed by atoms with E-state index in [0.29, 0.717) is 18.4 Å².